The van der Waals surface area contributed by atoms with Crippen LogP contribution in [0.1, 0.15) is 17.7 Å². The van der Waals surface area contributed by atoms with Gasteiger partial charge in [0.1, 0.15) is 11.6 Å². The molecular weight excluding hydrogens is 350 g/mol. The van der Waals surface area contributed by atoms with Crippen molar-refractivity contribution in [2.45, 2.75) is 6.42 Å². The number of nitrogens with zero attached hydrogens (tertiary/aromatic N) is 2. The summed E-state index contributed by atoms with van der Waals surface area (Å²) in [5, 5.41) is 10.3. The highest BCUT2D eigenvalue weighted by Crippen LogP contribution is 2.25. The number of H-pyrrole nitrogens is 1. The fourth-order valence-electron chi connectivity index (χ4n) is 2.96. The molecule has 1 amide bonds. The van der Waals surface area contributed by atoms with Gasteiger partial charge in [0.15, 0.2) is 0 Å². The Morgan fingerprint density at radius 2 is 1.96 bits per heavy atom. The molecule has 5 nitrogen and oxygen atoms in total. The molecule has 3 aromatic rings. The van der Waals surface area contributed by atoms with E-state index in [1.54, 1.807) is 30.4 Å². The van der Waals surface area contributed by atoms with Crippen molar-refractivity contribution in [2.75, 3.05) is 25.0 Å². The number of hydrogen-bond acceptors (Lipinski definition) is 3. The Balaban J connectivity index is 1.57. The van der Waals surface area contributed by atoms with Crippen molar-refractivity contribution in [3.63, 3.8) is 0 Å². The van der Waals surface area contributed by atoms with Gasteiger partial charge >= 0.3 is 0 Å². The lowest BCUT2D eigenvalue weighted by atomic mass is 10.1. The Hall–Kier alpha value is -3.06. The fourth-order valence-corrected chi connectivity index (χ4v) is 2.96. The lowest BCUT2D eigenvalue weighted by molar-refractivity contribution is -0.118. The number of carbonyl (C=O) groups excluding carboxylic acids is 1. The van der Waals surface area contributed by atoms with Crippen molar-refractivity contribution in [3.05, 3.63) is 59.3 Å². The molecule has 0 saturated carbocycles. The molecule has 1 saturated heterocycles. The normalized spacial score (nSPS) is 14.6. The van der Waals surface area contributed by atoms with Gasteiger partial charge in [-0.1, -0.05) is 18.2 Å². The van der Waals surface area contributed by atoms with E-state index >= 15 is 0 Å². The van der Waals surface area contributed by atoms with Gasteiger partial charge in [-0.15, -0.1) is 0 Å². The fraction of sp³-hybridized carbons (Fsp3) is 0.200. The number of anilines is 1. The van der Waals surface area contributed by atoms with Crippen LogP contribution >= 0.6 is 0 Å². The lowest BCUT2D eigenvalue weighted by Crippen LogP contribution is -2.42. The maximum Gasteiger partial charge on any atom is 0.238 e. The molecule has 2 heterocycles. The van der Waals surface area contributed by atoms with Crippen molar-refractivity contribution >= 4 is 34.6 Å². The number of amides is 1. The molecule has 0 aliphatic carbocycles. The molecule has 27 heavy (non-hydrogen) atoms. The Morgan fingerprint density at radius 1 is 1.19 bits per heavy atom. The molecule has 1 aliphatic rings. The van der Waals surface area contributed by atoms with Crippen LogP contribution in [0, 0.1) is 11.6 Å². The maximum atomic E-state index is 14.3. The van der Waals surface area contributed by atoms with E-state index < -0.39 is 5.82 Å². The first kappa shape index (κ1) is 17.4. The van der Waals surface area contributed by atoms with Crippen molar-refractivity contribution in [3.8, 4) is 0 Å². The molecule has 0 atom stereocenters. The maximum absolute atomic E-state index is 14.3. The van der Waals surface area contributed by atoms with Crippen LogP contribution in [0.2, 0.25) is 0 Å². The van der Waals surface area contributed by atoms with Crippen LogP contribution in [0.3, 0.4) is 0 Å². The third-order valence-electron chi connectivity index (χ3n) is 4.57. The van der Waals surface area contributed by atoms with Crippen LogP contribution in [0.5, 0.6) is 0 Å². The second-order valence-electron chi connectivity index (χ2n) is 6.55. The molecule has 0 unspecified atom stereocenters. The number of aromatic nitrogens is 2. The van der Waals surface area contributed by atoms with Gasteiger partial charge in [-0.25, -0.2) is 8.78 Å². The highest BCUT2D eigenvalue weighted by atomic mass is 19.1. The van der Waals surface area contributed by atoms with E-state index in [1.807, 2.05) is 4.90 Å². The highest BCUT2D eigenvalue weighted by Gasteiger charge is 2.18. The van der Waals surface area contributed by atoms with Crippen molar-refractivity contribution in [1.82, 2.24) is 15.1 Å². The number of aromatic amines is 1. The first-order valence-electron chi connectivity index (χ1n) is 8.72. The van der Waals surface area contributed by atoms with E-state index in [-0.39, 0.29) is 24.0 Å². The first-order valence-corrected chi connectivity index (χ1v) is 8.72. The van der Waals surface area contributed by atoms with E-state index in [0.29, 0.717) is 16.6 Å². The molecule has 0 spiro atoms. The second kappa shape index (κ2) is 7.28. The molecular formula is C20H18F2N4O. The summed E-state index contributed by atoms with van der Waals surface area (Å²) in [6.45, 7) is 2.06. The average molecular weight is 368 g/mol. The summed E-state index contributed by atoms with van der Waals surface area (Å²) >= 11 is 0. The Morgan fingerprint density at radius 3 is 2.67 bits per heavy atom. The SMILES string of the molecule is O=C(CN1CCC1)Nc1cc2c(/C=C/c3ccc(F)cc3)n[nH]c2cc1F. The molecule has 7 heteroatoms. The Bertz CT molecular complexity index is 1010. The van der Waals surface area contributed by atoms with E-state index in [0.717, 1.165) is 25.1 Å². The molecule has 138 valence electrons. The lowest BCUT2D eigenvalue weighted by Gasteiger charge is -2.29. The standard InChI is InChI=1S/C20H18F2N4O/c21-14-5-2-13(3-6-14)4-7-17-15-10-19(16(22)11-18(15)25-24-17)23-20(27)12-26-8-1-9-26/h2-7,10-11H,1,8-9,12H2,(H,23,27)(H,24,25)/b7-4+. The largest absolute Gasteiger partial charge is 0.322 e. The summed E-state index contributed by atoms with van der Waals surface area (Å²) in [4.78, 5) is 14.1. The zero-order valence-corrected chi connectivity index (χ0v) is 14.5. The van der Waals surface area contributed by atoms with E-state index in [9.17, 15) is 13.6 Å². The zero-order chi connectivity index (χ0) is 18.8. The summed E-state index contributed by atoms with van der Waals surface area (Å²) < 4.78 is 27.3. The topological polar surface area (TPSA) is 61.0 Å². The number of carbonyl (C=O) groups is 1. The van der Waals surface area contributed by atoms with E-state index in [2.05, 4.69) is 15.5 Å². The number of hydrogen-bond donors (Lipinski definition) is 2. The minimum absolute atomic E-state index is 0.130. The highest BCUT2D eigenvalue weighted by molar-refractivity contribution is 5.97. The van der Waals surface area contributed by atoms with Gasteiger partial charge in [0.05, 0.1) is 23.4 Å². The minimum atomic E-state index is -0.517. The molecule has 1 aliphatic heterocycles. The van der Waals surface area contributed by atoms with Gasteiger partial charge in [0.2, 0.25) is 5.91 Å². The van der Waals surface area contributed by atoms with E-state index in [4.69, 9.17) is 0 Å². The van der Waals surface area contributed by atoms with Gasteiger partial charge in [-0.2, -0.15) is 5.10 Å². The van der Waals surface area contributed by atoms with Gasteiger partial charge in [-0.3, -0.25) is 14.8 Å². The van der Waals surface area contributed by atoms with Crippen LogP contribution in [0.25, 0.3) is 23.1 Å². The summed E-state index contributed by atoms with van der Waals surface area (Å²) in [6, 6.07) is 8.96. The third kappa shape index (κ3) is 3.88. The summed E-state index contributed by atoms with van der Waals surface area (Å²) in [5.41, 5.74) is 2.09. The quantitative estimate of drug-likeness (QED) is 0.723. The molecule has 0 bridgehead atoms. The average Bonchev–Trinajstić information content (AvgIpc) is 3.00. The predicted molar refractivity (Wildman–Crippen MR) is 101 cm³/mol. The Kier molecular flexibility index (Phi) is 4.68. The summed E-state index contributed by atoms with van der Waals surface area (Å²) in [7, 11) is 0. The van der Waals surface area contributed by atoms with Crippen LogP contribution < -0.4 is 5.32 Å². The van der Waals surface area contributed by atoms with Gasteiger partial charge in [0, 0.05) is 11.5 Å². The third-order valence-corrected chi connectivity index (χ3v) is 4.57. The van der Waals surface area contributed by atoms with Crippen LogP contribution in [0.4, 0.5) is 14.5 Å². The molecule has 0 radical (unpaired) electrons. The van der Waals surface area contributed by atoms with Crippen molar-refractivity contribution in [2.24, 2.45) is 0 Å². The van der Waals surface area contributed by atoms with Gasteiger partial charge in [-0.05, 0) is 49.3 Å². The minimum Gasteiger partial charge on any atom is -0.322 e. The van der Waals surface area contributed by atoms with Crippen molar-refractivity contribution in [1.29, 1.82) is 0 Å². The number of fused-ring (bicyclic) bond motifs is 1. The predicted octanol–water partition coefficient (Wildman–Crippen LogP) is 3.66. The molecule has 4 rings (SSSR count). The monoisotopic (exact) mass is 368 g/mol. The summed E-state index contributed by atoms with van der Waals surface area (Å²) in [5.74, 6) is -1.05. The number of benzene rings is 2. The van der Waals surface area contributed by atoms with Crippen molar-refractivity contribution < 1.29 is 13.6 Å². The number of rotatable bonds is 5. The molecule has 1 aromatic heterocycles. The second-order valence-corrected chi connectivity index (χ2v) is 6.55. The number of nitrogens with one attached hydrogen (secondary N) is 2. The molecule has 2 aromatic carbocycles. The van der Waals surface area contributed by atoms with Gasteiger partial charge in [0.25, 0.3) is 0 Å². The first-order chi connectivity index (χ1) is 13.1. The van der Waals surface area contributed by atoms with Gasteiger partial charge < -0.3 is 5.32 Å². The van der Waals surface area contributed by atoms with Crippen LogP contribution in [-0.4, -0.2) is 40.6 Å². The number of halogens is 2. The van der Waals surface area contributed by atoms with Crippen LogP contribution in [-0.2, 0) is 4.79 Å². The smallest absolute Gasteiger partial charge is 0.238 e. The Labute approximate surface area is 154 Å². The molecule has 2 N–H and O–H groups in total. The van der Waals surface area contributed by atoms with E-state index in [1.165, 1.54) is 18.2 Å². The zero-order valence-electron chi connectivity index (χ0n) is 14.5. The summed E-state index contributed by atoms with van der Waals surface area (Å²) in [6.07, 6.45) is 4.64. The molecule has 1 fully saturated rings. The number of likely N-dealkylation sites (tertiary alicyclic amines) is 1. The van der Waals surface area contributed by atoms with Crippen LogP contribution in [0.15, 0.2) is 36.4 Å².